The number of halogens is 1. The van der Waals surface area contributed by atoms with Crippen LogP contribution in [-0.2, 0) is 17.9 Å². The van der Waals surface area contributed by atoms with Crippen molar-refractivity contribution in [3.8, 4) is 0 Å². The van der Waals surface area contributed by atoms with Crippen molar-refractivity contribution >= 4 is 40.4 Å². The summed E-state index contributed by atoms with van der Waals surface area (Å²) in [6.07, 6.45) is 3.19. The van der Waals surface area contributed by atoms with Crippen molar-refractivity contribution in [2.24, 2.45) is 5.41 Å². The molecule has 3 aromatic rings. The topological polar surface area (TPSA) is 79.3 Å². The van der Waals surface area contributed by atoms with E-state index in [1.165, 1.54) is 6.08 Å². The van der Waals surface area contributed by atoms with Crippen LogP contribution in [0.1, 0.15) is 56.5 Å². The summed E-state index contributed by atoms with van der Waals surface area (Å²) >= 11 is 5.99. The van der Waals surface area contributed by atoms with Gasteiger partial charge in [-0.2, -0.15) is 0 Å². The maximum Gasteiger partial charge on any atom is 0.257 e. The number of nitrogens with zero attached hydrogens (tertiary/aromatic N) is 3. The van der Waals surface area contributed by atoms with E-state index in [1.807, 2.05) is 15.5 Å². The highest BCUT2D eigenvalue weighted by molar-refractivity contribution is 6.30. The number of nitrogens with one attached hydrogen (secondary N) is 2. The van der Waals surface area contributed by atoms with Gasteiger partial charge in [-0.15, -0.1) is 0 Å². The van der Waals surface area contributed by atoms with Crippen LogP contribution in [0.4, 0.5) is 5.95 Å². The minimum atomic E-state index is -0.264. The molecule has 2 heterocycles. The van der Waals surface area contributed by atoms with Gasteiger partial charge in [-0.3, -0.25) is 14.9 Å². The number of fused-ring (bicyclic) bond motifs is 1. The molecule has 1 saturated heterocycles. The molecule has 2 aromatic carbocycles. The quantitative estimate of drug-likeness (QED) is 0.376. The van der Waals surface area contributed by atoms with E-state index in [-0.39, 0.29) is 23.3 Å². The Hall–Kier alpha value is -3.16. The molecule has 0 saturated carbocycles. The first kappa shape index (κ1) is 26.9. The fourth-order valence-corrected chi connectivity index (χ4v) is 4.69. The summed E-state index contributed by atoms with van der Waals surface area (Å²) in [7, 11) is 0. The number of likely N-dealkylation sites (tertiary alicyclic amines) is 1. The van der Waals surface area contributed by atoms with Crippen molar-refractivity contribution in [1.82, 2.24) is 19.8 Å². The van der Waals surface area contributed by atoms with Crippen LogP contribution in [0.5, 0.6) is 0 Å². The predicted molar refractivity (Wildman–Crippen MR) is 150 cm³/mol. The first-order chi connectivity index (χ1) is 17.6. The van der Waals surface area contributed by atoms with Gasteiger partial charge < -0.3 is 14.8 Å². The lowest BCUT2D eigenvalue weighted by Gasteiger charge is -2.28. The molecule has 1 aliphatic heterocycles. The first-order valence-corrected chi connectivity index (χ1v) is 13.2. The molecule has 0 bridgehead atoms. The molecule has 0 unspecified atom stereocenters. The molecule has 0 spiro atoms. The van der Waals surface area contributed by atoms with E-state index in [0.717, 1.165) is 36.0 Å². The average Bonchev–Trinajstić information content (AvgIpc) is 3.46. The van der Waals surface area contributed by atoms with Crippen LogP contribution in [-0.4, -0.2) is 44.9 Å². The van der Waals surface area contributed by atoms with Crippen molar-refractivity contribution in [3.05, 3.63) is 71.3 Å². The van der Waals surface area contributed by atoms with E-state index < -0.39 is 0 Å². The molecular formula is C29H36ClN5O2. The normalized spacial score (nSPS) is 16.7. The Morgan fingerprint density at radius 2 is 1.95 bits per heavy atom. The minimum absolute atomic E-state index is 0.00284. The van der Waals surface area contributed by atoms with Crippen molar-refractivity contribution in [2.75, 3.05) is 11.9 Å². The summed E-state index contributed by atoms with van der Waals surface area (Å²) < 4.78 is 2.01. The van der Waals surface area contributed by atoms with E-state index in [4.69, 9.17) is 16.6 Å². The molecule has 0 aliphatic carbocycles. The van der Waals surface area contributed by atoms with Crippen LogP contribution in [0, 0.1) is 5.41 Å². The Balaban J connectivity index is 1.65. The van der Waals surface area contributed by atoms with E-state index in [0.29, 0.717) is 35.7 Å². The number of benzene rings is 2. The van der Waals surface area contributed by atoms with Crippen LogP contribution in [0.25, 0.3) is 11.0 Å². The lowest BCUT2D eigenvalue weighted by molar-refractivity contribution is -0.126. The lowest BCUT2D eigenvalue weighted by atomic mass is 9.88. The molecule has 7 nitrogen and oxygen atoms in total. The maximum absolute atomic E-state index is 13.1. The highest BCUT2D eigenvalue weighted by Crippen LogP contribution is 2.27. The second kappa shape index (κ2) is 11.1. The van der Waals surface area contributed by atoms with Crippen molar-refractivity contribution in [3.63, 3.8) is 0 Å². The van der Waals surface area contributed by atoms with Gasteiger partial charge in [0.15, 0.2) is 0 Å². The number of anilines is 1. The van der Waals surface area contributed by atoms with E-state index >= 15 is 0 Å². The Morgan fingerprint density at radius 1 is 1.22 bits per heavy atom. The van der Waals surface area contributed by atoms with Crippen LogP contribution in [0.15, 0.2) is 55.1 Å². The number of hydrogen-bond acceptors (Lipinski definition) is 4. The lowest BCUT2D eigenvalue weighted by Crippen LogP contribution is -2.37. The summed E-state index contributed by atoms with van der Waals surface area (Å²) in [6, 6.07) is 13.3. The molecule has 196 valence electrons. The number of carbonyl (C=O) groups is 2. The summed E-state index contributed by atoms with van der Waals surface area (Å²) in [5.74, 6) is 0.126. The Labute approximate surface area is 223 Å². The Morgan fingerprint density at radius 3 is 2.62 bits per heavy atom. The second-order valence-corrected chi connectivity index (χ2v) is 11.3. The van der Waals surface area contributed by atoms with Crippen LogP contribution in [0.2, 0.25) is 5.02 Å². The Kier molecular flexibility index (Phi) is 8.05. The molecule has 1 fully saturated rings. The second-order valence-electron chi connectivity index (χ2n) is 10.8. The third-order valence-corrected chi connectivity index (χ3v) is 7.54. The van der Waals surface area contributed by atoms with Crippen molar-refractivity contribution in [2.45, 2.75) is 65.7 Å². The summed E-state index contributed by atoms with van der Waals surface area (Å²) in [5, 5.41) is 7.15. The zero-order valence-corrected chi connectivity index (χ0v) is 22.8. The molecule has 0 radical (unpaired) electrons. The molecule has 1 aromatic heterocycles. The molecule has 4 rings (SSSR count). The maximum atomic E-state index is 13.1. The molecule has 37 heavy (non-hydrogen) atoms. The van der Waals surface area contributed by atoms with E-state index in [9.17, 15) is 9.59 Å². The van der Waals surface area contributed by atoms with Crippen LogP contribution in [0.3, 0.4) is 0 Å². The van der Waals surface area contributed by atoms with Gasteiger partial charge in [0.25, 0.3) is 5.91 Å². The van der Waals surface area contributed by atoms with Gasteiger partial charge >= 0.3 is 0 Å². The van der Waals surface area contributed by atoms with Crippen molar-refractivity contribution in [1.29, 1.82) is 0 Å². The fraction of sp³-hybridized carbons (Fsp3) is 0.414. The highest BCUT2D eigenvalue weighted by Gasteiger charge is 2.29. The number of rotatable bonds is 8. The number of hydrogen-bond donors (Lipinski definition) is 2. The number of amides is 2. The highest BCUT2D eigenvalue weighted by atomic mass is 35.5. The van der Waals surface area contributed by atoms with Crippen molar-refractivity contribution < 1.29 is 9.59 Å². The Bertz CT molecular complexity index is 1290. The minimum Gasteiger partial charge on any atom is -0.334 e. The number of imidazole rings is 1. The molecule has 1 aliphatic rings. The number of aromatic nitrogens is 2. The van der Waals surface area contributed by atoms with Gasteiger partial charge in [0.05, 0.1) is 17.1 Å². The SMILES string of the molecule is C=CC(=O)N1CCC[C@H]1Cn1c(NC(=O)c2ccc(Cl)cc2)nc2cc(CN[C@@H](C)C(C)(C)C)ccc21. The van der Waals surface area contributed by atoms with Gasteiger partial charge in [0.1, 0.15) is 0 Å². The largest absolute Gasteiger partial charge is 0.334 e. The summed E-state index contributed by atoms with van der Waals surface area (Å²) in [5.41, 5.74) is 3.48. The fourth-order valence-electron chi connectivity index (χ4n) is 4.56. The van der Waals surface area contributed by atoms with E-state index in [2.05, 4.69) is 57.0 Å². The van der Waals surface area contributed by atoms with E-state index in [1.54, 1.807) is 24.3 Å². The van der Waals surface area contributed by atoms with Gasteiger partial charge in [-0.1, -0.05) is 45.0 Å². The molecule has 2 N–H and O–H groups in total. The van der Waals surface area contributed by atoms with Gasteiger partial charge in [0, 0.05) is 36.3 Å². The van der Waals surface area contributed by atoms with Crippen LogP contribution < -0.4 is 10.6 Å². The molecule has 8 heteroatoms. The molecular weight excluding hydrogens is 486 g/mol. The predicted octanol–water partition coefficient (Wildman–Crippen LogP) is 5.64. The zero-order chi connectivity index (χ0) is 26.7. The third-order valence-electron chi connectivity index (χ3n) is 7.28. The third kappa shape index (κ3) is 6.22. The number of carbonyl (C=O) groups excluding carboxylic acids is 2. The molecule has 2 amide bonds. The first-order valence-electron chi connectivity index (χ1n) is 12.8. The monoisotopic (exact) mass is 521 g/mol. The standard InChI is InChI=1S/C29H36ClN5O2/c1-6-26(36)34-15-7-8-23(34)18-35-25-14-9-20(17-31-19(2)29(3,4)5)16-24(25)32-28(35)33-27(37)21-10-12-22(30)13-11-21/h6,9-14,16,19,23,31H,1,7-8,15,17-18H2,2-5H3,(H,32,33,37)/t19-,23-/m0/s1. The van der Waals surface area contributed by atoms with Gasteiger partial charge in [0.2, 0.25) is 11.9 Å². The summed E-state index contributed by atoms with van der Waals surface area (Å²) in [4.78, 5) is 32.2. The molecule has 2 atom stereocenters. The summed E-state index contributed by atoms with van der Waals surface area (Å²) in [6.45, 7) is 14.5. The van der Waals surface area contributed by atoms with Gasteiger partial charge in [-0.05, 0) is 73.2 Å². The smallest absolute Gasteiger partial charge is 0.257 e. The zero-order valence-electron chi connectivity index (χ0n) is 22.1. The average molecular weight is 522 g/mol. The van der Waals surface area contributed by atoms with Crippen LogP contribution >= 0.6 is 11.6 Å². The van der Waals surface area contributed by atoms with Gasteiger partial charge in [-0.25, -0.2) is 4.98 Å².